The zero-order valence-corrected chi connectivity index (χ0v) is 10.4. The summed E-state index contributed by atoms with van der Waals surface area (Å²) in [5.74, 6) is -0.812. The predicted octanol–water partition coefficient (Wildman–Crippen LogP) is 0.939. The number of hydrogen-bond acceptors (Lipinski definition) is 3. The first kappa shape index (κ1) is 14.2. The minimum atomic E-state index is -0.623. The molecule has 1 aromatic rings. The second-order valence-corrected chi connectivity index (χ2v) is 4.15. The molecule has 0 spiro atoms. The Morgan fingerprint density at radius 2 is 1.83 bits per heavy atom. The Morgan fingerprint density at radius 1 is 1.17 bits per heavy atom. The highest BCUT2D eigenvalue weighted by atomic mass is 16.5. The molecule has 5 heteroatoms. The van der Waals surface area contributed by atoms with E-state index in [9.17, 15) is 9.59 Å². The van der Waals surface area contributed by atoms with Crippen LogP contribution in [0.2, 0.25) is 0 Å². The molecule has 0 saturated carbocycles. The van der Waals surface area contributed by atoms with Crippen LogP contribution in [-0.4, -0.2) is 23.6 Å². The molecule has 0 radical (unpaired) electrons. The summed E-state index contributed by atoms with van der Waals surface area (Å²) in [5, 5.41) is 10.7. The number of aryl methyl sites for hydroxylation is 2. The van der Waals surface area contributed by atoms with Gasteiger partial charge in [-0.15, -0.1) is 0 Å². The van der Waals surface area contributed by atoms with Crippen LogP contribution in [0.1, 0.15) is 24.0 Å². The summed E-state index contributed by atoms with van der Waals surface area (Å²) in [5.41, 5.74) is 3.86. The number of nitrogens with one attached hydrogen (secondary N) is 2. The molecule has 0 aromatic heterocycles. The van der Waals surface area contributed by atoms with Crippen molar-refractivity contribution in [2.24, 2.45) is 0 Å². The van der Waals surface area contributed by atoms with Gasteiger partial charge in [0.05, 0.1) is 6.54 Å². The Balaban J connectivity index is 2.19. The smallest absolute Gasteiger partial charge is 0.262 e. The average molecular weight is 250 g/mol. The van der Waals surface area contributed by atoms with E-state index >= 15 is 0 Å². The first-order chi connectivity index (χ1) is 8.61. The first-order valence-corrected chi connectivity index (χ1v) is 5.87. The molecule has 3 N–H and O–H groups in total. The maximum Gasteiger partial charge on any atom is 0.262 e. The number of amides is 2. The zero-order valence-electron chi connectivity index (χ0n) is 10.4. The van der Waals surface area contributed by atoms with Gasteiger partial charge in [0, 0.05) is 6.42 Å². The largest absolute Gasteiger partial charge is 0.347 e. The van der Waals surface area contributed by atoms with Crippen LogP contribution in [0.5, 0.6) is 0 Å². The van der Waals surface area contributed by atoms with Crippen LogP contribution in [0, 0.1) is 6.92 Å². The minimum absolute atomic E-state index is 0.189. The molecule has 98 valence electrons. The Labute approximate surface area is 106 Å². The van der Waals surface area contributed by atoms with Crippen molar-refractivity contribution in [1.29, 1.82) is 0 Å². The molecule has 0 saturated heterocycles. The molecule has 1 rings (SSSR count). The van der Waals surface area contributed by atoms with Crippen LogP contribution >= 0.6 is 0 Å². The summed E-state index contributed by atoms with van der Waals surface area (Å²) >= 11 is 0. The maximum atomic E-state index is 11.3. The van der Waals surface area contributed by atoms with E-state index in [4.69, 9.17) is 5.21 Å². The SMILES string of the molecule is Cc1ccc(CCCC(=O)NCC(=O)NO)cc1. The lowest BCUT2D eigenvalue weighted by atomic mass is 10.1. The summed E-state index contributed by atoms with van der Waals surface area (Å²) in [6, 6.07) is 8.18. The number of hydrogen-bond donors (Lipinski definition) is 3. The molecular weight excluding hydrogens is 232 g/mol. The minimum Gasteiger partial charge on any atom is -0.347 e. The van der Waals surface area contributed by atoms with Gasteiger partial charge in [-0.2, -0.15) is 0 Å². The van der Waals surface area contributed by atoms with Crippen molar-refractivity contribution in [3.8, 4) is 0 Å². The lowest BCUT2D eigenvalue weighted by molar-refractivity contribution is -0.131. The first-order valence-electron chi connectivity index (χ1n) is 5.87. The monoisotopic (exact) mass is 250 g/mol. The fraction of sp³-hybridized carbons (Fsp3) is 0.385. The zero-order chi connectivity index (χ0) is 13.4. The molecule has 0 aliphatic carbocycles. The average Bonchev–Trinajstić information content (AvgIpc) is 2.38. The van der Waals surface area contributed by atoms with E-state index < -0.39 is 5.91 Å². The second-order valence-electron chi connectivity index (χ2n) is 4.15. The van der Waals surface area contributed by atoms with Crippen LogP contribution in [0.25, 0.3) is 0 Å². The quantitative estimate of drug-likeness (QED) is 0.519. The number of carbonyl (C=O) groups excluding carboxylic acids is 2. The van der Waals surface area contributed by atoms with E-state index in [1.54, 1.807) is 0 Å². The van der Waals surface area contributed by atoms with Gasteiger partial charge >= 0.3 is 0 Å². The van der Waals surface area contributed by atoms with E-state index in [2.05, 4.69) is 5.32 Å². The third kappa shape index (κ3) is 5.45. The van der Waals surface area contributed by atoms with Crippen LogP contribution < -0.4 is 10.8 Å². The number of hydroxylamine groups is 1. The van der Waals surface area contributed by atoms with E-state index in [0.29, 0.717) is 6.42 Å². The van der Waals surface area contributed by atoms with Crippen LogP contribution in [0.15, 0.2) is 24.3 Å². The van der Waals surface area contributed by atoms with Gasteiger partial charge < -0.3 is 5.32 Å². The third-order valence-electron chi connectivity index (χ3n) is 2.56. The van der Waals surface area contributed by atoms with E-state index in [1.165, 1.54) is 16.6 Å². The highest BCUT2D eigenvalue weighted by Crippen LogP contribution is 2.06. The highest BCUT2D eigenvalue weighted by molar-refractivity contribution is 5.83. The second kappa shape index (κ2) is 7.45. The van der Waals surface area contributed by atoms with Gasteiger partial charge in [0.25, 0.3) is 5.91 Å². The molecule has 0 aliphatic rings. The molecule has 0 atom stereocenters. The van der Waals surface area contributed by atoms with Gasteiger partial charge in [0.15, 0.2) is 0 Å². The molecule has 0 fully saturated rings. The standard InChI is InChI=1S/C13H18N2O3/c1-10-5-7-11(8-6-10)3-2-4-12(16)14-9-13(17)15-18/h5-8,18H,2-4,9H2,1H3,(H,14,16)(H,15,17). The van der Waals surface area contributed by atoms with Gasteiger partial charge in [-0.25, -0.2) is 5.48 Å². The van der Waals surface area contributed by atoms with Crippen molar-refractivity contribution in [3.05, 3.63) is 35.4 Å². The fourth-order valence-corrected chi connectivity index (χ4v) is 1.51. The van der Waals surface area contributed by atoms with Crippen molar-refractivity contribution in [3.63, 3.8) is 0 Å². The van der Waals surface area contributed by atoms with E-state index in [1.807, 2.05) is 31.2 Å². The molecule has 5 nitrogen and oxygen atoms in total. The summed E-state index contributed by atoms with van der Waals surface area (Å²) in [7, 11) is 0. The lowest BCUT2D eigenvalue weighted by Crippen LogP contribution is -2.35. The Morgan fingerprint density at radius 3 is 2.44 bits per heavy atom. The van der Waals surface area contributed by atoms with Gasteiger partial charge in [-0.3, -0.25) is 14.8 Å². The Kier molecular flexibility index (Phi) is 5.87. The van der Waals surface area contributed by atoms with Crippen molar-refractivity contribution in [1.82, 2.24) is 10.8 Å². The molecule has 0 heterocycles. The van der Waals surface area contributed by atoms with Crippen molar-refractivity contribution in [2.75, 3.05) is 6.54 Å². The Bertz CT molecular complexity index is 401. The summed E-state index contributed by atoms with van der Waals surface area (Å²) in [6.07, 6.45) is 1.93. The lowest BCUT2D eigenvalue weighted by Gasteiger charge is -2.04. The van der Waals surface area contributed by atoms with Gasteiger partial charge in [-0.05, 0) is 25.3 Å². The molecular formula is C13H18N2O3. The number of rotatable bonds is 6. The summed E-state index contributed by atoms with van der Waals surface area (Å²) < 4.78 is 0. The van der Waals surface area contributed by atoms with E-state index in [-0.39, 0.29) is 12.5 Å². The molecule has 0 bridgehead atoms. The van der Waals surface area contributed by atoms with Crippen LogP contribution in [0.4, 0.5) is 0 Å². The molecule has 18 heavy (non-hydrogen) atoms. The number of benzene rings is 1. The molecule has 1 aromatic carbocycles. The van der Waals surface area contributed by atoms with Crippen molar-refractivity contribution >= 4 is 11.8 Å². The van der Waals surface area contributed by atoms with Gasteiger partial charge in [-0.1, -0.05) is 29.8 Å². The fourth-order valence-electron chi connectivity index (χ4n) is 1.51. The van der Waals surface area contributed by atoms with Gasteiger partial charge in [0.2, 0.25) is 5.91 Å². The van der Waals surface area contributed by atoms with Crippen molar-refractivity contribution < 1.29 is 14.8 Å². The molecule has 2 amide bonds. The maximum absolute atomic E-state index is 11.3. The predicted molar refractivity (Wildman–Crippen MR) is 67.1 cm³/mol. The summed E-state index contributed by atoms with van der Waals surface area (Å²) in [4.78, 5) is 22.0. The summed E-state index contributed by atoms with van der Waals surface area (Å²) in [6.45, 7) is 1.84. The number of carbonyl (C=O) groups is 2. The molecule has 0 aliphatic heterocycles. The normalized spacial score (nSPS) is 9.89. The Hall–Kier alpha value is -1.88. The highest BCUT2D eigenvalue weighted by Gasteiger charge is 2.04. The van der Waals surface area contributed by atoms with Crippen LogP contribution in [0.3, 0.4) is 0 Å². The van der Waals surface area contributed by atoms with Crippen molar-refractivity contribution in [2.45, 2.75) is 26.2 Å². The van der Waals surface area contributed by atoms with Gasteiger partial charge in [0.1, 0.15) is 0 Å². The molecule has 0 unspecified atom stereocenters. The third-order valence-corrected chi connectivity index (χ3v) is 2.56. The van der Waals surface area contributed by atoms with E-state index in [0.717, 1.165) is 12.8 Å². The van der Waals surface area contributed by atoms with Crippen LogP contribution in [-0.2, 0) is 16.0 Å². The topological polar surface area (TPSA) is 78.4 Å².